The molecule has 1 aromatic rings. The molecule has 0 atom stereocenters. The smallest absolute Gasteiger partial charge is 0.293 e. The van der Waals surface area contributed by atoms with Crippen molar-refractivity contribution < 1.29 is 4.79 Å². The molecule has 2 rings (SSSR count). The predicted molar refractivity (Wildman–Crippen MR) is 73.1 cm³/mol. The fourth-order valence-electron chi connectivity index (χ4n) is 1.96. The fourth-order valence-corrected chi connectivity index (χ4v) is 1.96. The van der Waals surface area contributed by atoms with Crippen LogP contribution in [0.5, 0.6) is 0 Å². The molecular formula is C13H23N5O. The van der Waals surface area contributed by atoms with Gasteiger partial charge >= 0.3 is 0 Å². The van der Waals surface area contributed by atoms with Crippen LogP contribution < -0.4 is 0 Å². The van der Waals surface area contributed by atoms with Gasteiger partial charge in [-0.3, -0.25) is 9.89 Å². The topological polar surface area (TPSA) is 65.1 Å². The second kappa shape index (κ2) is 6.14. The molecule has 0 radical (unpaired) electrons. The molecule has 1 fully saturated rings. The van der Waals surface area contributed by atoms with Crippen molar-refractivity contribution in [1.82, 2.24) is 25.0 Å². The Morgan fingerprint density at radius 2 is 2.05 bits per heavy atom. The van der Waals surface area contributed by atoms with E-state index in [0.29, 0.717) is 18.3 Å². The van der Waals surface area contributed by atoms with Gasteiger partial charge in [0.2, 0.25) is 5.82 Å². The third kappa shape index (κ3) is 3.76. The predicted octanol–water partition coefficient (Wildman–Crippen LogP) is 1.10. The minimum Gasteiger partial charge on any atom is -0.335 e. The van der Waals surface area contributed by atoms with Crippen molar-refractivity contribution in [2.24, 2.45) is 0 Å². The van der Waals surface area contributed by atoms with E-state index < -0.39 is 0 Å². The van der Waals surface area contributed by atoms with Crippen molar-refractivity contribution in [3.8, 4) is 0 Å². The van der Waals surface area contributed by atoms with E-state index in [9.17, 15) is 4.79 Å². The second-order valence-electron chi connectivity index (χ2n) is 5.41. The Kier molecular flexibility index (Phi) is 4.52. The molecule has 0 aliphatic heterocycles. The molecule has 1 aromatic heterocycles. The van der Waals surface area contributed by atoms with Gasteiger partial charge in [-0.2, -0.15) is 0 Å². The third-order valence-corrected chi connectivity index (χ3v) is 3.26. The molecule has 6 nitrogen and oxygen atoms in total. The lowest BCUT2D eigenvalue weighted by molar-refractivity contribution is 0.0733. The van der Waals surface area contributed by atoms with Crippen molar-refractivity contribution in [2.45, 2.75) is 32.1 Å². The SMILES string of the molecule is CCCN(CCN(C)C)C(=O)c1n[nH]c(C2CC2)n1. The lowest BCUT2D eigenvalue weighted by Gasteiger charge is -2.22. The van der Waals surface area contributed by atoms with E-state index in [-0.39, 0.29) is 5.91 Å². The van der Waals surface area contributed by atoms with E-state index in [2.05, 4.69) is 27.0 Å². The number of aromatic amines is 1. The Labute approximate surface area is 114 Å². The Morgan fingerprint density at radius 3 is 2.63 bits per heavy atom. The summed E-state index contributed by atoms with van der Waals surface area (Å²) < 4.78 is 0. The van der Waals surface area contributed by atoms with Gasteiger partial charge in [0.05, 0.1) is 0 Å². The summed E-state index contributed by atoms with van der Waals surface area (Å²) in [5, 5.41) is 6.96. The van der Waals surface area contributed by atoms with Crippen LogP contribution in [-0.2, 0) is 0 Å². The number of hydrogen-bond donors (Lipinski definition) is 1. The molecule has 19 heavy (non-hydrogen) atoms. The van der Waals surface area contributed by atoms with Gasteiger partial charge in [-0.15, -0.1) is 5.10 Å². The number of carbonyl (C=O) groups is 1. The molecule has 0 unspecified atom stereocenters. The first-order chi connectivity index (χ1) is 9.11. The van der Waals surface area contributed by atoms with Crippen LogP contribution >= 0.6 is 0 Å². The van der Waals surface area contributed by atoms with Gasteiger partial charge in [0, 0.05) is 25.6 Å². The van der Waals surface area contributed by atoms with E-state index in [0.717, 1.165) is 38.2 Å². The zero-order valence-corrected chi connectivity index (χ0v) is 12.0. The zero-order chi connectivity index (χ0) is 13.8. The number of likely N-dealkylation sites (N-methyl/N-ethyl adjacent to an activating group) is 1. The number of nitrogens with one attached hydrogen (secondary N) is 1. The minimum atomic E-state index is -0.0631. The average molecular weight is 265 g/mol. The summed E-state index contributed by atoms with van der Waals surface area (Å²) in [6.45, 7) is 4.39. The van der Waals surface area contributed by atoms with Crippen LogP contribution in [-0.4, -0.2) is 64.6 Å². The maximum absolute atomic E-state index is 12.4. The fraction of sp³-hybridized carbons (Fsp3) is 0.769. The number of carbonyl (C=O) groups excluding carboxylic acids is 1. The number of hydrogen-bond acceptors (Lipinski definition) is 4. The van der Waals surface area contributed by atoms with Crippen LogP contribution in [0.3, 0.4) is 0 Å². The van der Waals surface area contributed by atoms with Gasteiger partial charge in [0.15, 0.2) is 0 Å². The molecule has 0 spiro atoms. The van der Waals surface area contributed by atoms with E-state index in [1.165, 1.54) is 0 Å². The highest BCUT2D eigenvalue weighted by atomic mass is 16.2. The third-order valence-electron chi connectivity index (χ3n) is 3.26. The number of aromatic nitrogens is 3. The van der Waals surface area contributed by atoms with Gasteiger partial charge in [-0.25, -0.2) is 4.98 Å². The van der Waals surface area contributed by atoms with Crippen molar-refractivity contribution >= 4 is 5.91 Å². The summed E-state index contributed by atoms with van der Waals surface area (Å²) >= 11 is 0. The Hall–Kier alpha value is -1.43. The molecule has 1 amide bonds. The highest BCUT2D eigenvalue weighted by molar-refractivity contribution is 5.90. The van der Waals surface area contributed by atoms with Gasteiger partial charge < -0.3 is 9.80 Å². The summed E-state index contributed by atoms with van der Waals surface area (Å²) in [6, 6.07) is 0. The van der Waals surface area contributed by atoms with Crippen LogP contribution in [0.1, 0.15) is 48.5 Å². The maximum atomic E-state index is 12.4. The van der Waals surface area contributed by atoms with Crippen molar-refractivity contribution in [3.63, 3.8) is 0 Å². The molecule has 6 heteroatoms. The van der Waals surface area contributed by atoms with Crippen molar-refractivity contribution in [3.05, 3.63) is 11.6 Å². The van der Waals surface area contributed by atoms with Gasteiger partial charge in [-0.05, 0) is 33.4 Å². The number of H-pyrrole nitrogens is 1. The summed E-state index contributed by atoms with van der Waals surface area (Å²) in [5.41, 5.74) is 0. The zero-order valence-electron chi connectivity index (χ0n) is 12.0. The van der Waals surface area contributed by atoms with Crippen molar-refractivity contribution in [1.29, 1.82) is 0 Å². The molecule has 0 bridgehead atoms. The number of nitrogens with zero attached hydrogens (tertiary/aromatic N) is 4. The van der Waals surface area contributed by atoms with Crippen molar-refractivity contribution in [2.75, 3.05) is 33.7 Å². The first kappa shape index (κ1) is 14.0. The monoisotopic (exact) mass is 265 g/mol. The van der Waals surface area contributed by atoms with E-state index in [4.69, 9.17) is 0 Å². The van der Waals surface area contributed by atoms with E-state index in [1.807, 2.05) is 19.0 Å². The number of rotatable bonds is 7. The molecular weight excluding hydrogens is 242 g/mol. The van der Waals surface area contributed by atoms with Crippen LogP contribution in [0.25, 0.3) is 0 Å². The first-order valence-corrected chi connectivity index (χ1v) is 6.98. The number of amides is 1. The Bertz CT molecular complexity index is 424. The summed E-state index contributed by atoms with van der Waals surface area (Å²) in [6.07, 6.45) is 3.25. The average Bonchev–Trinajstić information content (AvgIpc) is 3.11. The quantitative estimate of drug-likeness (QED) is 0.801. The highest BCUT2D eigenvalue weighted by Gasteiger charge is 2.29. The van der Waals surface area contributed by atoms with E-state index in [1.54, 1.807) is 0 Å². The van der Waals surface area contributed by atoms with Crippen LogP contribution in [0.15, 0.2) is 0 Å². The molecule has 0 saturated heterocycles. The normalized spacial score (nSPS) is 14.9. The summed E-state index contributed by atoms with van der Waals surface area (Å²) in [7, 11) is 4.01. The van der Waals surface area contributed by atoms with E-state index >= 15 is 0 Å². The second-order valence-corrected chi connectivity index (χ2v) is 5.41. The molecule has 1 aliphatic rings. The molecule has 1 saturated carbocycles. The summed E-state index contributed by atoms with van der Waals surface area (Å²) in [4.78, 5) is 20.6. The van der Waals surface area contributed by atoms with Gasteiger partial charge in [-0.1, -0.05) is 6.92 Å². The largest absolute Gasteiger partial charge is 0.335 e. The Morgan fingerprint density at radius 1 is 1.32 bits per heavy atom. The maximum Gasteiger partial charge on any atom is 0.293 e. The van der Waals surface area contributed by atoms with Gasteiger partial charge in [0.1, 0.15) is 5.82 Å². The standard InChI is InChI=1S/C13H23N5O/c1-4-7-18(9-8-17(2)3)13(19)12-14-11(15-16-12)10-5-6-10/h10H,4-9H2,1-3H3,(H,14,15,16). The minimum absolute atomic E-state index is 0.0631. The lowest BCUT2D eigenvalue weighted by Crippen LogP contribution is -2.37. The lowest BCUT2D eigenvalue weighted by atomic mass is 10.3. The van der Waals surface area contributed by atoms with Crippen LogP contribution in [0.4, 0.5) is 0 Å². The van der Waals surface area contributed by atoms with Crippen LogP contribution in [0, 0.1) is 0 Å². The molecule has 106 valence electrons. The molecule has 1 N–H and O–H groups in total. The molecule has 1 heterocycles. The highest BCUT2D eigenvalue weighted by Crippen LogP contribution is 2.37. The molecule has 0 aromatic carbocycles. The first-order valence-electron chi connectivity index (χ1n) is 6.98. The van der Waals surface area contributed by atoms with Gasteiger partial charge in [0.25, 0.3) is 5.91 Å². The van der Waals surface area contributed by atoms with Crippen LogP contribution in [0.2, 0.25) is 0 Å². The Balaban J connectivity index is 1.99. The summed E-state index contributed by atoms with van der Waals surface area (Å²) in [5.74, 6) is 1.61. The molecule has 1 aliphatic carbocycles.